The van der Waals surface area contributed by atoms with Gasteiger partial charge >= 0.3 is 0 Å². The lowest BCUT2D eigenvalue weighted by atomic mass is 9.47. The highest BCUT2D eigenvalue weighted by Crippen LogP contribution is 2.65. The van der Waals surface area contributed by atoms with Crippen molar-refractivity contribution in [2.24, 2.45) is 34.5 Å². The molecule has 0 saturated heterocycles. The quantitative estimate of drug-likeness (QED) is 0.285. The minimum atomic E-state index is 0.473. The summed E-state index contributed by atoms with van der Waals surface area (Å²) in [5.41, 5.74) is 3.81. The van der Waals surface area contributed by atoms with Crippen LogP contribution in [0.25, 0.3) is 0 Å². The van der Waals surface area contributed by atoms with E-state index in [4.69, 9.17) is 4.74 Å². The van der Waals surface area contributed by atoms with Crippen LogP contribution in [0.15, 0.2) is 54.1 Å². The molecule has 1 aromatic carbocycles. The van der Waals surface area contributed by atoms with Crippen molar-refractivity contribution in [1.29, 1.82) is 0 Å². The molecule has 0 amide bonds. The fourth-order valence-corrected chi connectivity index (χ4v) is 7.64. The van der Waals surface area contributed by atoms with Gasteiger partial charge in [-0.2, -0.15) is 0 Å². The SMILES string of the molecule is C[C@]12CC[C@H]3[C@@H](C=CC4CCCC[C@@]43C)[C@@H]1CC(=CC#CCOCc1ccccc1)C2. The molecule has 3 saturated carbocycles. The normalized spacial score (nSPS) is 39.9. The van der Waals surface area contributed by atoms with E-state index < -0.39 is 0 Å². The van der Waals surface area contributed by atoms with Gasteiger partial charge in [-0.15, -0.1) is 0 Å². The van der Waals surface area contributed by atoms with Gasteiger partial charge < -0.3 is 4.74 Å². The van der Waals surface area contributed by atoms with Crippen molar-refractivity contribution >= 4 is 0 Å². The highest BCUT2D eigenvalue weighted by Gasteiger charge is 2.56. The van der Waals surface area contributed by atoms with Gasteiger partial charge in [-0.05, 0) is 84.7 Å². The molecule has 1 nitrogen and oxygen atoms in total. The van der Waals surface area contributed by atoms with Crippen LogP contribution in [0, 0.1) is 46.3 Å². The number of fused-ring (bicyclic) bond motifs is 5. The van der Waals surface area contributed by atoms with E-state index in [2.05, 4.69) is 68.2 Å². The molecule has 4 aliphatic carbocycles. The first-order valence-electron chi connectivity index (χ1n) is 12.5. The predicted octanol–water partition coefficient (Wildman–Crippen LogP) is 7.34. The van der Waals surface area contributed by atoms with Crippen LogP contribution in [-0.2, 0) is 11.3 Å². The Labute approximate surface area is 189 Å². The number of hydrogen-bond donors (Lipinski definition) is 0. The molecule has 0 spiro atoms. The Morgan fingerprint density at radius 2 is 1.90 bits per heavy atom. The third-order valence-electron chi connectivity index (χ3n) is 9.37. The third kappa shape index (κ3) is 4.05. The first kappa shape index (κ1) is 21.1. The Bertz CT molecular complexity index is 899. The molecule has 31 heavy (non-hydrogen) atoms. The number of benzene rings is 1. The van der Waals surface area contributed by atoms with Crippen molar-refractivity contribution in [3.05, 3.63) is 59.7 Å². The summed E-state index contributed by atoms with van der Waals surface area (Å²) in [5.74, 6) is 9.86. The maximum atomic E-state index is 5.72. The number of ether oxygens (including phenoxy) is 1. The Morgan fingerprint density at radius 1 is 1.03 bits per heavy atom. The van der Waals surface area contributed by atoms with Crippen LogP contribution in [0.3, 0.4) is 0 Å². The summed E-state index contributed by atoms with van der Waals surface area (Å²) >= 11 is 0. The summed E-state index contributed by atoms with van der Waals surface area (Å²) in [6.45, 7) is 6.34. The highest BCUT2D eigenvalue weighted by atomic mass is 16.5. The van der Waals surface area contributed by atoms with Crippen LogP contribution < -0.4 is 0 Å². The van der Waals surface area contributed by atoms with Crippen molar-refractivity contribution in [2.75, 3.05) is 6.61 Å². The Morgan fingerprint density at radius 3 is 2.77 bits per heavy atom. The predicted molar refractivity (Wildman–Crippen MR) is 128 cm³/mol. The smallest absolute Gasteiger partial charge is 0.108 e. The molecule has 164 valence electrons. The molecule has 3 fully saturated rings. The van der Waals surface area contributed by atoms with Crippen LogP contribution in [0.4, 0.5) is 0 Å². The van der Waals surface area contributed by atoms with Crippen LogP contribution in [0.2, 0.25) is 0 Å². The molecule has 0 aromatic heterocycles. The van der Waals surface area contributed by atoms with E-state index >= 15 is 0 Å². The third-order valence-corrected chi connectivity index (χ3v) is 9.37. The monoisotopic (exact) mass is 414 g/mol. The molecular formula is C30H38O. The van der Waals surface area contributed by atoms with E-state index in [0.717, 1.165) is 23.7 Å². The molecule has 5 rings (SSSR count). The maximum Gasteiger partial charge on any atom is 0.108 e. The van der Waals surface area contributed by atoms with Gasteiger partial charge in [-0.3, -0.25) is 0 Å². The van der Waals surface area contributed by atoms with Gasteiger partial charge in [-0.1, -0.05) is 86.6 Å². The molecule has 0 aliphatic heterocycles. The average molecular weight is 415 g/mol. The molecule has 1 heteroatoms. The first-order chi connectivity index (χ1) is 15.1. The molecule has 0 N–H and O–H groups in total. The zero-order valence-electron chi connectivity index (χ0n) is 19.4. The van der Waals surface area contributed by atoms with E-state index in [-0.39, 0.29) is 0 Å². The Balaban J connectivity index is 1.22. The van der Waals surface area contributed by atoms with Crippen molar-refractivity contribution in [3.63, 3.8) is 0 Å². The largest absolute Gasteiger partial charge is 0.364 e. The van der Waals surface area contributed by atoms with Crippen molar-refractivity contribution in [2.45, 2.75) is 71.8 Å². The summed E-state index contributed by atoms with van der Waals surface area (Å²) in [4.78, 5) is 0. The summed E-state index contributed by atoms with van der Waals surface area (Å²) in [6.07, 6.45) is 18.6. The van der Waals surface area contributed by atoms with E-state index in [1.165, 1.54) is 56.9 Å². The minimum Gasteiger partial charge on any atom is -0.364 e. The fraction of sp³-hybridized carbons (Fsp3) is 0.600. The number of hydrogen-bond acceptors (Lipinski definition) is 1. The number of rotatable bonds is 3. The second-order valence-electron chi connectivity index (χ2n) is 11.2. The van der Waals surface area contributed by atoms with E-state index in [9.17, 15) is 0 Å². The molecule has 4 aliphatic rings. The van der Waals surface area contributed by atoms with E-state index in [1.807, 2.05) is 6.07 Å². The lowest BCUT2D eigenvalue weighted by Crippen LogP contribution is -2.49. The van der Waals surface area contributed by atoms with Gasteiger partial charge in [0.2, 0.25) is 0 Å². The van der Waals surface area contributed by atoms with Gasteiger partial charge in [0.05, 0.1) is 6.61 Å². The second-order valence-corrected chi connectivity index (χ2v) is 11.2. The molecule has 1 unspecified atom stereocenters. The van der Waals surface area contributed by atoms with Crippen LogP contribution in [0.1, 0.15) is 70.8 Å². The molecule has 0 bridgehead atoms. The van der Waals surface area contributed by atoms with E-state index in [0.29, 0.717) is 24.0 Å². The van der Waals surface area contributed by atoms with Gasteiger partial charge in [0.15, 0.2) is 0 Å². The fourth-order valence-electron chi connectivity index (χ4n) is 7.64. The Kier molecular flexibility index (Phi) is 5.87. The zero-order valence-corrected chi connectivity index (χ0v) is 19.4. The molecule has 1 aromatic rings. The zero-order chi connectivity index (χ0) is 21.3. The summed E-state index contributed by atoms with van der Waals surface area (Å²) < 4.78 is 5.72. The van der Waals surface area contributed by atoms with Gasteiger partial charge in [0, 0.05) is 0 Å². The molecule has 0 heterocycles. The van der Waals surface area contributed by atoms with Crippen molar-refractivity contribution in [1.82, 2.24) is 0 Å². The lowest BCUT2D eigenvalue weighted by molar-refractivity contribution is -0.0467. The summed E-state index contributed by atoms with van der Waals surface area (Å²) in [7, 11) is 0. The van der Waals surface area contributed by atoms with Crippen LogP contribution in [-0.4, -0.2) is 6.61 Å². The average Bonchev–Trinajstić information content (AvgIpc) is 3.13. The molecule has 0 radical (unpaired) electrons. The molecular weight excluding hydrogens is 376 g/mol. The van der Waals surface area contributed by atoms with Crippen molar-refractivity contribution < 1.29 is 4.74 Å². The summed E-state index contributed by atoms with van der Waals surface area (Å²) in [6, 6.07) is 10.3. The van der Waals surface area contributed by atoms with Crippen molar-refractivity contribution in [3.8, 4) is 11.8 Å². The Hall–Kier alpha value is -1.78. The maximum absolute atomic E-state index is 5.72. The second kappa shape index (κ2) is 8.63. The van der Waals surface area contributed by atoms with Gasteiger partial charge in [0.1, 0.15) is 6.61 Å². The van der Waals surface area contributed by atoms with Gasteiger partial charge in [0.25, 0.3) is 0 Å². The lowest BCUT2D eigenvalue weighted by Gasteiger charge is -2.57. The van der Waals surface area contributed by atoms with Crippen LogP contribution in [0.5, 0.6) is 0 Å². The van der Waals surface area contributed by atoms with Crippen LogP contribution >= 0.6 is 0 Å². The summed E-state index contributed by atoms with van der Waals surface area (Å²) in [5, 5.41) is 0. The topological polar surface area (TPSA) is 9.23 Å². The molecule has 6 atom stereocenters. The first-order valence-corrected chi connectivity index (χ1v) is 12.5. The minimum absolute atomic E-state index is 0.473. The number of allylic oxidation sites excluding steroid dienone is 4. The highest BCUT2D eigenvalue weighted by molar-refractivity contribution is 5.29. The standard InChI is InChI=1S/C30H38O/c1-29-18-16-27-26(15-14-25-13-6-8-17-30(25,27)2)28(29)20-24(21-29)12-7-9-19-31-22-23-10-4-3-5-11-23/h3-5,10-12,14-15,25-28H,6,8,13,16-22H2,1-2H3/t25?,26-,27+,28+,29-,30+/m1/s1. The van der Waals surface area contributed by atoms with Gasteiger partial charge in [-0.25, -0.2) is 0 Å². The van der Waals surface area contributed by atoms with E-state index in [1.54, 1.807) is 5.57 Å².